The van der Waals surface area contributed by atoms with Crippen molar-refractivity contribution in [2.45, 2.75) is 44.8 Å². The number of ether oxygens (including phenoxy) is 1. The van der Waals surface area contributed by atoms with E-state index in [0.29, 0.717) is 53.4 Å². The minimum absolute atomic E-state index is 0.209. The van der Waals surface area contributed by atoms with Gasteiger partial charge in [0.25, 0.3) is 5.91 Å². The second-order valence-corrected chi connectivity index (χ2v) is 10.6. The van der Waals surface area contributed by atoms with Crippen LogP contribution < -0.4 is 20.9 Å². The van der Waals surface area contributed by atoms with Gasteiger partial charge in [-0.3, -0.25) is 9.48 Å². The first-order valence-corrected chi connectivity index (χ1v) is 13.4. The second-order valence-electron chi connectivity index (χ2n) is 10.6. The standard InChI is InChI=1S/C28H33FN8O2/c1-16-13-37(14-17(2)31-16)24-5-4-21(26-22(24)12-30-28(34-26)33-19-6-8-39-9-7-19)27(38)32-20-10-18-15-36(3)35-25(18)23(29)11-20/h4-5,10-12,15-17,19,31H,6-9,13-14H2,1-3H3,(H,32,38)(H,30,33,34)/t16-,17+. The Hall–Kier alpha value is -3.83. The molecular formula is C28H33FN8O2. The maximum atomic E-state index is 14.7. The Balaban J connectivity index is 1.38. The highest BCUT2D eigenvalue weighted by molar-refractivity contribution is 6.14. The summed E-state index contributed by atoms with van der Waals surface area (Å²) in [6.45, 7) is 7.38. The van der Waals surface area contributed by atoms with E-state index < -0.39 is 5.82 Å². The molecule has 4 heterocycles. The number of carbonyl (C=O) groups is 1. The fourth-order valence-electron chi connectivity index (χ4n) is 5.66. The van der Waals surface area contributed by atoms with Crippen LogP contribution in [-0.4, -0.2) is 70.1 Å². The van der Waals surface area contributed by atoms with Crippen LogP contribution in [0.5, 0.6) is 0 Å². The maximum absolute atomic E-state index is 14.7. The normalized spacial score (nSPS) is 20.5. The number of aryl methyl sites for hydroxylation is 1. The van der Waals surface area contributed by atoms with Gasteiger partial charge in [0.2, 0.25) is 5.95 Å². The predicted octanol–water partition coefficient (Wildman–Crippen LogP) is 3.69. The molecule has 39 heavy (non-hydrogen) atoms. The number of carbonyl (C=O) groups excluding carboxylic acids is 1. The summed E-state index contributed by atoms with van der Waals surface area (Å²) in [7, 11) is 1.73. The first-order chi connectivity index (χ1) is 18.8. The van der Waals surface area contributed by atoms with Gasteiger partial charge in [-0.25, -0.2) is 14.4 Å². The molecule has 2 aliphatic heterocycles. The number of benzene rings is 2. The predicted molar refractivity (Wildman–Crippen MR) is 150 cm³/mol. The van der Waals surface area contributed by atoms with E-state index in [1.54, 1.807) is 36.3 Å². The highest BCUT2D eigenvalue weighted by atomic mass is 19.1. The summed E-state index contributed by atoms with van der Waals surface area (Å²) in [6.07, 6.45) is 5.26. The van der Waals surface area contributed by atoms with Crippen molar-refractivity contribution in [3.05, 3.63) is 48.0 Å². The van der Waals surface area contributed by atoms with Crippen LogP contribution in [0.3, 0.4) is 0 Å². The van der Waals surface area contributed by atoms with Gasteiger partial charge in [0.1, 0.15) is 5.52 Å². The van der Waals surface area contributed by atoms with Crippen LogP contribution in [0.25, 0.3) is 21.8 Å². The number of fused-ring (bicyclic) bond motifs is 2. The van der Waals surface area contributed by atoms with Gasteiger partial charge in [0.05, 0.1) is 11.1 Å². The minimum atomic E-state index is -0.490. The van der Waals surface area contributed by atoms with Crippen molar-refractivity contribution in [3.8, 4) is 0 Å². The van der Waals surface area contributed by atoms with Gasteiger partial charge in [-0.2, -0.15) is 5.10 Å². The molecule has 0 radical (unpaired) electrons. The summed E-state index contributed by atoms with van der Waals surface area (Å²) in [5, 5.41) is 15.4. The molecule has 1 amide bonds. The first kappa shape index (κ1) is 25.4. The van der Waals surface area contributed by atoms with Crippen LogP contribution in [0.4, 0.5) is 21.7 Å². The average Bonchev–Trinajstić information content (AvgIpc) is 3.28. The summed E-state index contributed by atoms with van der Waals surface area (Å²) in [4.78, 5) is 25.4. The molecule has 204 valence electrons. The first-order valence-electron chi connectivity index (χ1n) is 13.4. The lowest BCUT2D eigenvalue weighted by atomic mass is 10.0. The summed E-state index contributed by atoms with van der Waals surface area (Å²) in [5.74, 6) is -0.381. The fraction of sp³-hybridized carbons (Fsp3) is 0.429. The van der Waals surface area contributed by atoms with E-state index in [1.165, 1.54) is 6.07 Å². The molecule has 0 spiro atoms. The molecule has 0 unspecified atom stereocenters. The van der Waals surface area contributed by atoms with Crippen molar-refractivity contribution in [1.82, 2.24) is 25.1 Å². The largest absolute Gasteiger partial charge is 0.381 e. The lowest BCUT2D eigenvalue weighted by Gasteiger charge is -2.38. The zero-order valence-electron chi connectivity index (χ0n) is 22.4. The third-order valence-corrected chi connectivity index (χ3v) is 7.36. The molecule has 2 aliphatic rings. The summed E-state index contributed by atoms with van der Waals surface area (Å²) in [6, 6.07) is 7.62. The van der Waals surface area contributed by atoms with Crippen molar-refractivity contribution in [3.63, 3.8) is 0 Å². The van der Waals surface area contributed by atoms with E-state index in [0.717, 1.165) is 37.0 Å². The molecule has 2 saturated heterocycles. The molecule has 2 aromatic heterocycles. The van der Waals surface area contributed by atoms with E-state index >= 15 is 0 Å². The Kier molecular flexibility index (Phi) is 6.78. The van der Waals surface area contributed by atoms with Gasteiger partial charge in [-0.1, -0.05) is 0 Å². The number of hydrogen-bond donors (Lipinski definition) is 3. The van der Waals surface area contributed by atoms with Gasteiger partial charge >= 0.3 is 0 Å². The number of nitrogens with zero attached hydrogens (tertiary/aromatic N) is 5. The second kappa shape index (κ2) is 10.4. The van der Waals surface area contributed by atoms with Gasteiger partial charge < -0.3 is 25.6 Å². The fourth-order valence-corrected chi connectivity index (χ4v) is 5.66. The molecular weight excluding hydrogens is 499 g/mol. The van der Waals surface area contributed by atoms with Crippen molar-refractivity contribution in [2.75, 3.05) is 41.8 Å². The SMILES string of the molecule is C[C@@H]1CN(c2ccc(C(=O)Nc3cc(F)c4nn(C)cc4c3)c3nc(NC4CCOCC4)ncc23)C[C@H](C)N1. The smallest absolute Gasteiger partial charge is 0.257 e. The number of halogens is 1. The zero-order valence-corrected chi connectivity index (χ0v) is 22.4. The summed E-state index contributed by atoms with van der Waals surface area (Å²) < 4.78 is 21.7. The third kappa shape index (κ3) is 5.24. The molecule has 3 N–H and O–H groups in total. The highest BCUT2D eigenvalue weighted by Crippen LogP contribution is 2.31. The molecule has 11 heteroatoms. The molecule has 10 nitrogen and oxygen atoms in total. The van der Waals surface area contributed by atoms with Crippen molar-refractivity contribution in [2.24, 2.45) is 7.05 Å². The van der Waals surface area contributed by atoms with E-state index in [2.05, 4.69) is 44.8 Å². The van der Waals surface area contributed by atoms with E-state index in [4.69, 9.17) is 9.72 Å². The molecule has 2 fully saturated rings. The van der Waals surface area contributed by atoms with Gasteiger partial charge in [-0.05, 0) is 51.0 Å². The molecule has 0 bridgehead atoms. The van der Waals surface area contributed by atoms with Crippen LogP contribution >= 0.6 is 0 Å². The van der Waals surface area contributed by atoms with Crippen molar-refractivity contribution < 1.29 is 13.9 Å². The lowest BCUT2D eigenvalue weighted by Crippen LogP contribution is -2.54. The van der Waals surface area contributed by atoms with Crippen molar-refractivity contribution >= 4 is 45.0 Å². The Morgan fingerprint density at radius 2 is 1.90 bits per heavy atom. The molecule has 2 atom stereocenters. The van der Waals surface area contributed by atoms with Gasteiger partial charge in [0, 0.05) is 86.0 Å². The quantitative estimate of drug-likeness (QED) is 0.357. The molecule has 6 rings (SSSR count). The van der Waals surface area contributed by atoms with E-state index in [1.807, 2.05) is 6.07 Å². The number of anilines is 3. The van der Waals surface area contributed by atoms with Crippen LogP contribution in [0.1, 0.15) is 37.0 Å². The maximum Gasteiger partial charge on any atom is 0.257 e. The molecule has 0 aliphatic carbocycles. The van der Waals surface area contributed by atoms with Gasteiger partial charge in [0.15, 0.2) is 5.82 Å². The Labute approximate surface area is 225 Å². The molecule has 0 saturated carbocycles. The summed E-state index contributed by atoms with van der Waals surface area (Å²) >= 11 is 0. The van der Waals surface area contributed by atoms with E-state index in [9.17, 15) is 9.18 Å². The number of aromatic nitrogens is 4. The van der Waals surface area contributed by atoms with Crippen LogP contribution in [0, 0.1) is 5.82 Å². The topological polar surface area (TPSA) is 109 Å². The average molecular weight is 533 g/mol. The third-order valence-electron chi connectivity index (χ3n) is 7.36. The van der Waals surface area contributed by atoms with Crippen LogP contribution in [0.2, 0.25) is 0 Å². The molecule has 4 aromatic rings. The number of hydrogen-bond acceptors (Lipinski definition) is 8. The minimum Gasteiger partial charge on any atom is -0.381 e. The Morgan fingerprint density at radius 3 is 2.67 bits per heavy atom. The Morgan fingerprint density at radius 1 is 1.13 bits per heavy atom. The van der Waals surface area contributed by atoms with Crippen molar-refractivity contribution in [1.29, 1.82) is 0 Å². The summed E-state index contributed by atoms with van der Waals surface area (Å²) in [5.41, 5.74) is 2.56. The Bertz CT molecular complexity index is 1520. The van der Waals surface area contributed by atoms with E-state index in [-0.39, 0.29) is 17.5 Å². The monoisotopic (exact) mass is 532 g/mol. The van der Waals surface area contributed by atoms with Crippen LogP contribution in [-0.2, 0) is 11.8 Å². The van der Waals surface area contributed by atoms with Gasteiger partial charge in [-0.15, -0.1) is 0 Å². The highest BCUT2D eigenvalue weighted by Gasteiger charge is 2.25. The number of rotatable bonds is 5. The van der Waals surface area contributed by atoms with Crippen LogP contribution in [0.15, 0.2) is 36.7 Å². The molecule has 2 aromatic carbocycles. The number of piperazine rings is 1. The lowest BCUT2D eigenvalue weighted by molar-refractivity contribution is 0.0903. The number of amides is 1. The zero-order chi connectivity index (χ0) is 27.1. The number of nitrogens with one attached hydrogen (secondary N) is 3.